The molecular formula is C16H16ClNO6. The fraction of sp³-hybridized carbons (Fsp3) is 0.312. The second kappa shape index (κ2) is 6.92. The Kier molecular flexibility index (Phi) is 5.14. The Morgan fingerprint density at radius 2 is 2.04 bits per heavy atom. The first-order chi connectivity index (χ1) is 11.2. The van der Waals surface area contributed by atoms with Gasteiger partial charge in [0.15, 0.2) is 0 Å². The SMILES string of the molecule is CCC(NC(=O)Cc1c(C)c2cc(Cl)c(O)cc2oc1=O)C(=O)O. The van der Waals surface area contributed by atoms with E-state index < -0.39 is 23.5 Å². The molecule has 0 spiro atoms. The summed E-state index contributed by atoms with van der Waals surface area (Å²) in [6.45, 7) is 3.26. The van der Waals surface area contributed by atoms with E-state index in [0.717, 1.165) is 0 Å². The Morgan fingerprint density at radius 3 is 2.62 bits per heavy atom. The number of nitrogens with one attached hydrogen (secondary N) is 1. The maximum Gasteiger partial charge on any atom is 0.340 e. The molecule has 0 aliphatic rings. The quantitative estimate of drug-likeness (QED) is 0.707. The number of fused-ring (bicyclic) bond motifs is 1. The second-order valence-electron chi connectivity index (χ2n) is 5.34. The van der Waals surface area contributed by atoms with Crippen molar-refractivity contribution < 1.29 is 24.2 Å². The first kappa shape index (κ1) is 17.8. The summed E-state index contributed by atoms with van der Waals surface area (Å²) >= 11 is 5.87. The number of benzene rings is 1. The van der Waals surface area contributed by atoms with E-state index >= 15 is 0 Å². The monoisotopic (exact) mass is 353 g/mol. The summed E-state index contributed by atoms with van der Waals surface area (Å²) in [6, 6.07) is 1.66. The zero-order chi connectivity index (χ0) is 18.0. The van der Waals surface area contributed by atoms with Crippen molar-refractivity contribution in [2.45, 2.75) is 32.7 Å². The van der Waals surface area contributed by atoms with E-state index in [1.54, 1.807) is 13.8 Å². The summed E-state index contributed by atoms with van der Waals surface area (Å²) in [5.41, 5.74) is 0.0319. The molecule has 1 atom stereocenters. The van der Waals surface area contributed by atoms with Gasteiger partial charge in [-0.05, 0) is 25.0 Å². The van der Waals surface area contributed by atoms with Gasteiger partial charge in [-0.15, -0.1) is 0 Å². The molecule has 24 heavy (non-hydrogen) atoms. The van der Waals surface area contributed by atoms with Crippen LogP contribution in [0.5, 0.6) is 5.75 Å². The number of carbonyl (C=O) groups excluding carboxylic acids is 1. The Balaban J connectivity index is 2.39. The predicted octanol–water partition coefficient (Wildman–Crippen LogP) is 1.98. The number of aliphatic carboxylic acids is 1. The molecule has 0 aliphatic carbocycles. The Bertz CT molecular complexity index is 873. The van der Waals surface area contributed by atoms with Gasteiger partial charge in [0.1, 0.15) is 17.4 Å². The molecule has 0 radical (unpaired) electrons. The van der Waals surface area contributed by atoms with Crippen LogP contribution in [0.2, 0.25) is 5.02 Å². The largest absolute Gasteiger partial charge is 0.506 e. The van der Waals surface area contributed by atoms with Crippen molar-refractivity contribution in [3.63, 3.8) is 0 Å². The summed E-state index contributed by atoms with van der Waals surface area (Å²) in [5.74, 6) is -1.95. The zero-order valence-electron chi connectivity index (χ0n) is 13.1. The van der Waals surface area contributed by atoms with Gasteiger partial charge in [0.25, 0.3) is 0 Å². The van der Waals surface area contributed by atoms with Crippen molar-refractivity contribution in [3.05, 3.63) is 38.7 Å². The van der Waals surface area contributed by atoms with Crippen LogP contribution in [0.4, 0.5) is 0 Å². The summed E-state index contributed by atoms with van der Waals surface area (Å²) in [7, 11) is 0. The van der Waals surface area contributed by atoms with Gasteiger partial charge < -0.3 is 19.9 Å². The zero-order valence-corrected chi connectivity index (χ0v) is 13.8. The molecule has 0 fully saturated rings. The van der Waals surface area contributed by atoms with Gasteiger partial charge in [-0.1, -0.05) is 18.5 Å². The van der Waals surface area contributed by atoms with Crippen molar-refractivity contribution in [3.8, 4) is 5.75 Å². The van der Waals surface area contributed by atoms with Crippen LogP contribution in [0, 0.1) is 6.92 Å². The minimum Gasteiger partial charge on any atom is -0.506 e. The van der Waals surface area contributed by atoms with Gasteiger partial charge in [-0.3, -0.25) is 4.79 Å². The lowest BCUT2D eigenvalue weighted by Crippen LogP contribution is -2.41. The van der Waals surface area contributed by atoms with Crippen molar-refractivity contribution in [1.29, 1.82) is 0 Å². The van der Waals surface area contributed by atoms with Gasteiger partial charge in [0.2, 0.25) is 5.91 Å². The normalized spacial score (nSPS) is 12.1. The molecule has 1 aromatic carbocycles. The van der Waals surface area contributed by atoms with Crippen LogP contribution in [-0.2, 0) is 16.0 Å². The van der Waals surface area contributed by atoms with E-state index in [9.17, 15) is 19.5 Å². The molecule has 1 heterocycles. The topological polar surface area (TPSA) is 117 Å². The fourth-order valence-electron chi connectivity index (χ4n) is 2.35. The molecule has 3 N–H and O–H groups in total. The third kappa shape index (κ3) is 3.51. The molecule has 128 valence electrons. The number of carboxylic acids is 1. The first-order valence-corrected chi connectivity index (χ1v) is 7.59. The Morgan fingerprint density at radius 1 is 1.38 bits per heavy atom. The average molecular weight is 354 g/mol. The van der Waals surface area contributed by atoms with Crippen LogP contribution in [0.1, 0.15) is 24.5 Å². The first-order valence-electron chi connectivity index (χ1n) is 7.21. The summed E-state index contributed by atoms with van der Waals surface area (Å²) in [5, 5.41) is 21.5. The third-order valence-electron chi connectivity index (χ3n) is 3.73. The minimum atomic E-state index is -1.14. The number of phenolic OH excluding ortho intramolecular Hbond substituents is 1. The Labute approximate surface area is 141 Å². The average Bonchev–Trinajstić information content (AvgIpc) is 2.51. The van der Waals surface area contributed by atoms with E-state index in [0.29, 0.717) is 10.9 Å². The maximum atomic E-state index is 12.1. The lowest BCUT2D eigenvalue weighted by atomic mass is 10.0. The number of hydrogen-bond donors (Lipinski definition) is 3. The highest BCUT2D eigenvalue weighted by molar-refractivity contribution is 6.32. The molecule has 0 aliphatic heterocycles. The number of rotatable bonds is 5. The summed E-state index contributed by atoms with van der Waals surface area (Å²) < 4.78 is 5.12. The smallest absolute Gasteiger partial charge is 0.340 e. The maximum absolute atomic E-state index is 12.1. The van der Waals surface area contributed by atoms with Gasteiger partial charge in [-0.2, -0.15) is 0 Å². The van der Waals surface area contributed by atoms with Crippen molar-refractivity contribution in [2.75, 3.05) is 0 Å². The number of aromatic hydroxyl groups is 1. The molecule has 8 heteroatoms. The molecule has 1 amide bonds. The summed E-state index contributed by atoms with van der Waals surface area (Å²) in [6.07, 6.45) is -0.0896. The van der Waals surface area contributed by atoms with Gasteiger partial charge in [0.05, 0.1) is 17.0 Å². The lowest BCUT2D eigenvalue weighted by molar-refractivity contribution is -0.141. The van der Waals surface area contributed by atoms with E-state index in [2.05, 4.69) is 5.32 Å². The van der Waals surface area contributed by atoms with Crippen LogP contribution < -0.4 is 10.9 Å². The van der Waals surface area contributed by atoms with Crippen molar-refractivity contribution in [1.82, 2.24) is 5.32 Å². The van der Waals surface area contributed by atoms with Crippen molar-refractivity contribution in [2.24, 2.45) is 0 Å². The van der Waals surface area contributed by atoms with E-state index in [1.807, 2.05) is 0 Å². The molecular weight excluding hydrogens is 338 g/mol. The van der Waals surface area contributed by atoms with E-state index in [-0.39, 0.29) is 34.8 Å². The molecule has 2 aromatic rings. The number of aryl methyl sites for hydroxylation is 1. The fourth-order valence-corrected chi connectivity index (χ4v) is 2.51. The number of halogens is 1. The molecule has 2 rings (SSSR count). The minimum absolute atomic E-state index is 0.0896. The molecule has 1 unspecified atom stereocenters. The van der Waals surface area contributed by atoms with Crippen LogP contribution in [-0.4, -0.2) is 28.1 Å². The highest BCUT2D eigenvalue weighted by Gasteiger charge is 2.21. The highest BCUT2D eigenvalue weighted by Crippen LogP contribution is 2.30. The highest BCUT2D eigenvalue weighted by atomic mass is 35.5. The van der Waals surface area contributed by atoms with E-state index in [1.165, 1.54) is 12.1 Å². The van der Waals surface area contributed by atoms with Gasteiger partial charge >= 0.3 is 11.6 Å². The predicted molar refractivity (Wildman–Crippen MR) is 87.5 cm³/mol. The second-order valence-corrected chi connectivity index (χ2v) is 5.74. The third-order valence-corrected chi connectivity index (χ3v) is 4.04. The standard InChI is InChI=1S/C16H16ClNO6/c1-3-11(15(21)22)18-14(20)5-9-7(2)8-4-10(17)12(19)6-13(8)24-16(9)23/h4,6,11,19H,3,5H2,1-2H3,(H,18,20)(H,21,22). The number of amides is 1. The number of carboxylic acid groups (broad SMARTS) is 1. The van der Waals surface area contributed by atoms with Crippen LogP contribution in [0.25, 0.3) is 11.0 Å². The van der Waals surface area contributed by atoms with Crippen LogP contribution >= 0.6 is 11.6 Å². The number of phenols is 1. The van der Waals surface area contributed by atoms with Crippen LogP contribution in [0.15, 0.2) is 21.3 Å². The van der Waals surface area contributed by atoms with Gasteiger partial charge in [-0.25, -0.2) is 9.59 Å². The molecule has 0 saturated heterocycles. The molecule has 7 nitrogen and oxygen atoms in total. The van der Waals surface area contributed by atoms with Gasteiger partial charge in [0, 0.05) is 11.5 Å². The molecule has 0 bridgehead atoms. The molecule has 1 aromatic heterocycles. The lowest BCUT2D eigenvalue weighted by Gasteiger charge is -2.13. The number of carbonyl (C=O) groups is 2. The van der Waals surface area contributed by atoms with E-state index in [4.69, 9.17) is 21.1 Å². The van der Waals surface area contributed by atoms with Crippen molar-refractivity contribution >= 4 is 34.4 Å². The van der Waals surface area contributed by atoms with Crippen LogP contribution in [0.3, 0.4) is 0 Å². The number of hydrogen-bond acceptors (Lipinski definition) is 5. The summed E-state index contributed by atoms with van der Waals surface area (Å²) in [4.78, 5) is 35.1. The molecule has 0 saturated carbocycles. The Hall–Kier alpha value is -2.54.